The number of nitrogens with one attached hydrogen (secondary N) is 1. The number of benzene rings is 1. The molecule has 3 heteroatoms. The molecule has 2 aromatic rings. The maximum atomic E-state index is 4.43. The van der Waals surface area contributed by atoms with Gasteiger partial charge in [-0.05, 0) is 31.0 Å². The molecule has 0 aliphatic heterocycles. The average Bonchev–Trinajstić information content (AvgIpc) is 2.95. The summed E-state index contributed by atoms with van der Waals surface area (Å²) in [7, 11) is 0. The molecule has 0 atom stereocenters. The Morgan fingerprint density at radius 1 is 1.29 bits per heavy atom. The summed E-state index contributed by atoms with van der Waals surface area (Å²) >= 11 is 0. The first kappa shape index (κ1) is 15.5. The van der Waals surface area contributed by atoms with Gasteiger partial charge in [-0.3, -0.25) is 0 Å². The van der Waals surface area contributed by atoms with Gasteiger partial charge in [-0.15, -0.1) is 0 Å². The average molecular weight is 283 g/mol. The molecule has 1 heterocycles. The molecular formula is C18H25N3. The molecule has 0 saturated heterocycles. The normalized spacial score (nSPS) is 12.1. The van der Waals surface area contributed by atoms with Gasteiger partial charge in [0.15, 0.2) is 0 Å². The summed E-state index contributed by atoms with van der Waals surface area (Å²) in [5, 5.41) is 7.93. The minimum Gasteiger partial charge on any atom is -0.313 e. The molecule has 1 aromatic carbocycles. The fourth-order valence-corrected chi connectivity index (χ4v) is 2.17. The van der Waals surface area contributed by atoms with Gasteiger partial charge in [0.05, 0.1) is 11.9 Å². The fraction of sp³-hybridized carbons (Fsp3) is 0.389. The van der Waals surface area contributed by atoms with Crippen LogP contribution < -0.4 is 5.32 Å². The van der Waals surface area contributed by atoms with Gasteiger partial charge in [0, 0.05) is 18.3 Å². The molecule has 1 aromatic heterocycles. The van der Waals surface area contributed by atoms with Crippen molar-refractivity contribution in [2.24, 2.45) is 5.92 Å². The predicted octanol–water partition coefficient (Wildman–Crippen LogP) is 3.91. The van der Waals surface area contributed by atoms with E-state index in [9.17, 15) is 0 Å². The van der Waals surface area contributed by atoms with Crippen LogP contribution >= 0.6 is 0 Å². The van der Waals surface area contributed by atoms with Crippen LogP contribution in [-0.2, 0) is 0 Å². The SMILES string of the molecule is CCC(=Cc1cnn(-c2ccccc2)c1)CNCC(C)C. The number of para-hydroxylation sites is 1. The van der Waals surface area contributed by atoms with Crippen molar-refractivity contribution >= 4 is 6.08 Å². The van der Waals surface area contributed by atoms with Crippen LogP contribution in [0, 0.1) is 5.92 Å². The van der Waals surface area contributed by atoms with Gasteiger partial charge in [-0.1, -0.05) is 50.6 Å². The van der Waals surface area contributed by atoms with Crippen LogP contribution in [0.25, 0.3) is 11.8 Å². The zero-order chi connectivity index (χ0) is 15.1. The lowest BCUT2D eigenvalue weighted by molar-refractivity contribution is 0.569. The minimum absolute atomic E-state index is 0.684. The first-order valence-electron chi connectivity index (χ1n) is 7.69. The number of rotatable bonds is 7. The van der Waals surface area contributed by atoms with Gasteiger partial charge in [0.25, 0.3) is 0 Å². The van der Waals surface area contributed by atoms with E-state index in [4.69, 9.17) is 0 Å². The fourth-order valence-electron chi connectivity index (χ4n) is 2.17. The molecule has 0 aliphatic rings. The maximum absolute atomic E-state index is 4.43. The quantitative estimate of drug-likeness (QED) is 0.835. The highest BCUT2D eigenvalue weighted by Gasteiger charge is 2.01. The van der Waals surface area contributed by atoms with Gasteiger partial charge in [-0.25, -0.2) is 4.68 Å². The summed E-state index contributed by atoms with van der Waals surface area (Å²) < 4.78 is 1.92. The van der Waals surface area contributed by atoms with E-state index in [1.54, 1.807) is 0 Å². The summed E-state index contributed by atoms with van der Waals surface area (Å²) in [5.74, 6) is 0.684. The smallest absolute Gasteiger partial charge is 0.0645 e. The Kier molecular flexibility index (Phi) is 5.76. The standard InChI is InChI=1S/C18H25N3/c1-4-16(12-19-11-15(2)3)10-17-13-20-21(14-17)18-8-6-5-7-9-18/h5-10,13-15,19H,4,11-12H2,1-3H3. The predicted molar refractivity (Wildman–Crippen MR) is 89.5 cm³/mol. The van der Waals surface area contributed by atoms with E-state index in [2.05, 4.69) is 55.6 Å². The van der Waals surface area contributed by atoms with Crippen LogP contribution in [0.1, 0.15) is 32.8 Å². The molecule has 21 heavy (non-hydrogen) atoms. The van der Waals surface area contributed by atoms with E-state index in [0.717, 1.165) is 30.8 Å². The summed E-state index contributed by atoms with van der Waals surface area (Å²) in [6.45, 7) is 8.66. The Labute approximate surface area is 127 Å². The van der Waals surface area contributed by atoms with Crippen LogP contribution in [0.2, 0.25) is 0 Å². The van der Waals surface area contributed by atoms with E-state index in [0.29, 0.717) is 5.92 Å². The summed E-state index contributed by atoms with van der Waals surface area (Å²) in [5.41, 5.74) is 3.65. The van der Waals surface area contributed by atoms with E-state index in [1.807, 2.05) is 29.1 Å². The molecule has 1 N–H and O–H groups in total. The second kappa shape index (κ2) is 7.79. The van der Waals surface area contributed by atoms with Crippen LogP contribution in [-0.4, -0.2) is 22.9 Å². The summed E-state index contributed by atoms with van der Waals surface area (Å²) in [6.07, 6.45) is 7.29. The lowest BCUT2D eigenvalue weighted by Gasteiger charge is -2.09. The molecule has 0 amide bonds. The van der Waals surface area contributed by atoms with Crippen LogP contribution in [0.3, 0.4) is 0 Å². The Hall–Kier alpha value is -1.87. The Morgan fingerprint density at radius 3 is 2.71 bits per heavy atom. The van der Waals surface area contributed by atoms with Crippen molar-refractivity contribution in [1.29, 1.82) is 0 Å². The van der Waals surface area contributed by atoms with E-state index in [1.165, 1.54) is 5.57 Å². The van der Waals surface area contributed by atoms with Gasteiger partial charge < -0.3 is 5.32 Å². The van der Waals surface area contributed by atoms with Crippen molar-refractivity contribution < 1.29 is 0 Å². The van der Waals surface area contributed by atoms with Crippen LogP contribution in [0.4, 0.5) is 0 Å². The monoisotopic (exact) mass is 283 g/mol. The Morgan fingerprint density at radius 2 is 2.05 bits per heavy atom. The number of hydrogen-bond donors (Lipinski definition) is 1. The highest BCUT2D eigenvalue weighted by Crippen LogP contribution is 2.12. The Balaban J connectivity index is 2.04. The maximum Gasteiger partial charge on any atom is 0.0645 e. The van der Waals surface area contributed by atoms with Crippen LogP contribution in [0.5, 0.6) is 0 Å². The van der Waals surface area contributed by atoms with Crippen molar-refractivity contribution in [1.82, 2.24) is 15.1 Å². The molecule has 0 fully saturated rings. The zero-order valence-electron chi connectivity index (χ0n) is 13.2. The van der Waals surface area contributed by atoms with Crippen LogP contribution in [0.15, 0.2) is 48.3 Å². The molecule has 0 radical (unpaired) electrons. The molecule has 3 nitrogen and oxygen atoms in total. The number of aromatic nitrogens is 2. The number of hydrogen-bond acceptors (Lipinski definition) is 2. The van der Waals surface area contributed by atoms with Gasteiger partial charge in [-0.2, -0.15) is 5.10 Å². The molecule has 0 aliphatic carbocycles. The zero-order valence-corrected chi connectivity index (χ0v) is 13.2. The third-order valence-corrected chi connectivity index (χ3v) is 3.35. The van der Waals surface area contributed by atoms with Gasteiger partial charge in [0.1, 0.15) is 0 Å². The first-order chi connectivity index (χ1) is 10.2. The highest BCUT2D eigenvalue weighted by molar-refractivity contribution is 5.52. The molecule has 0 bridgehead atoms. The van der Waals surface area contributed by atoms with Crippen molar-refractivity contribution in [2.45, 2.75) is 27.2 Å². The molecule has 0 saturated carbocycles. The van der Waals surface area contributed by atoms with Gasteiger partial charge >= 0.3 is 0 Å². The van der Waals surface area contributed by atoms with E-state index >= 15 is 0 Å². The number of nitrogens with zero attached hydrogens (tertiary/aromatic N) is 2. The molecule has 0 spiro atoms. The molecule has 2 rings (SSSR count). The topological polar surface area (TPSA) is 29.9 Å². The largest absolute Gasteiger partial charge is 0.313 e. The second-order valence-electron chi connectivity index (χ2n) is 5.73. The summed E-state index contributed by atoms with van der Waals surface area (Å²) in [6, 6.07) is 10.2. The third kappa shape index (κ3) is 4.87. The lowest BCUT2D eigenvalue weighted by Crippen LogP contribution is -2.21. The molecular weight excluding hydrogens is 258 g/mol. The second-order valence-corrected chi connectivity index (χ2v) is 5.73. The lowest BCUT2D eigenvalue weighted by atomic mass is 10.1. The highest BCUT2D eigenvalue weighted by atomic mass is 15.3. The third-order valence-electron chi connectivity index (χ3n) is 3.35. The molecule has 0 unspecified atom stereocenters. The minimum atomic E-state index is 0.684. The molecule has 112 valence electrons. The Bertz CT molecular complexity index is 567. The van der Waals surface area contributed by atoms with E-state index in [-0.39, 0.29) is 0 Å². The van der Waals surface area contributed by atoms with Crippen molar-refractivity contribution in [3.8, 4) is 5.69 Å². The summed E-state index contributed by atoms with van der Waals surface area (Å²) in [4.78, 5) is 0. The van der Waals surface area contributed by atoms with Crippen molar-refractivity contribution in [2.75, 3.05) is 13.1 Å². The van der Waals surface area contributed by atoms with Gasteiger partial charge in [0.2, 0.25) is 0 Å². The first-order valence-corrected chi connectivity index (χ1v) is 7.69. The van der Waals surface area contributed by atoms with Crippen molar-refractivity contribution in [3.05, 3.63) is 53.9 Å². The van der Waals surface area contributed by atoms with Crippen molar-refractivity contribution in [3.63, 3.8) is 0 Å². The van der Waals surface area contributed by atoms with E-state index < -0.39 is 0 Å².